The number of anilines is 2. The second-order valence-electron chi connectivity index (χ2n) is 19.3. The van der Waals surface area contributed by atoms with E-state index >= 15 is 0 Å². The third kappa shape index (κ3) is 8.52. The predicted molar refractivity (Wildman–Crippen MR) is 314 cm³/mol. The van der Waals surface area contributed by atoms with E-state index in [1.54, 1.807) is 0 Å². The van der Waals surface area contributed by atoms with Crippen molar-refractivity contribution < 1.29 is 4.42 Å². The van der Waals surface area contributed by atoms with Crippen LogP contribution in [0.25, 0.3) is 113 Å². The van der Waals surface area contributed by atoms with Gasteiger partial charge in [0, 0.05) is 78.3 Å². The molecule has 0 saturated heterocycles. The lowest BCUT2D eigenvalue weighted by Gasteiger charge is -2.28. The van der Waals surface area contributed by atoms with Crippen molar-refractivity contribution in [1.82, 2.24) is 44.7 Å². The molecule has 11 nitrogen and oxygen atoms in total. The van der Waals surface area contributed by atoms with Gasteiger partial charge in [0.1, 0.15) is 0 Å². The number of nitrogens with zero attached hydrogens (tertiary/aromatic N) is 10. The van der Waals surface area contributed by atoms with E-state index in [1.807, 2.05) is 158 Å². The molecule has 0 aliphatic carbocycles. The lowest BCUT2D eigenvalue weighted by Crippen LogP contribution is -2.28. The molecule has 1 aliphatic heterocycles. The number of para-hydroxylation sites is 2. The first kappa shape index (κ1) is 46.7. The van der Waals surface area contributed by atoms with Crippen molar-refractivity contribution in [2.75, 3.05) is 4.90 Å². The minimum absolute atomic E-state index is 0.260. The van der Waals surface area contributed by atoms with Gasteiger partial charge in [0.2, 0.25) is 11.8 Å². The monoisotopic (exact) mass is 1020 g/mol. The van der Waals surface area contributed by atoms with Gasteiger partial charge in [-0.3, -0.25) is 0 Å². The zero-order chi connectivity index (χ0) is 52.8. The van der Waals surface area contributed by atoms with Gasteiger partial charge in [-0.1, -0.05) is 201 Å². The van der Waals surface area contributed by atoms with Crippen LogP contribution in [0.5, 0.6) is 0 Å². The molecule has 0 saturated carbocycles. The topological polar surface area (TPSA) is 124 Å². The highest BCUT2D eigenvalue weighted by Gasteiger charge is 2.41. The van der Waals surface area contributed by atoms with Crippen LogP contribution in [-0.2, 0) is 0 Å². The fourth-order valence-corrected chi connectivity index (χ4v) is 10.8. The summed E-state index contributed by atoms with van der Waals surface area (Å²) in [5, 5.41) is 11.6. The Labute approximate surface area is 455 Å². The van der Waals surface area contributed by atoms with Crippen molar-refractivity contribution in [3.63, 3.8) is 0 Å². The number of hydrogen-bond donors (Lipinski definition) is 0. The molecule has 11 heteroatoms. The normalized spacial score (nSPS) is 13.9. The SMILES string of the molecule is C=CC1C(C(=C)c2nnc(-c3ccc4c5ccccc5n(-c5cccc(-c6nc(-c7ccccc7)nc(-c7ccccc7)n6)c5)c4c3)o2)c2ccccc2N1c1cccc(-c2nc(-c3ccccc3)nc(-c3ccccc3)n2)c1. The molecule has 0 N–H and O–H groups in total. The van der Waals surface area contributed by atoms with Crippen LogP contribution in [0.2, 0.25) is 0 Å². The molecule has 0 amide bonds. The fraction of sp³-hybridized carbons (Fsp3) is 0.0294. The van der Waals surface area contributed by atoms with Crippen molar-refractivity contribution in [2.45, 2.75) is 12.0 Å². The zero-order valence-corrected chi connectivity index (χ0v) is 42.5. The number of benzene rings is 9. The molecule has 5 heterocycles. The van der Waals surface area contributed by atoms with E-state index < -0.39 is 0 Å². The third-order valence-electron chi connectivity index (χ3n) is 14.6. The molecular formula is C68H46N10O. The van der Waals surface area contributed by atoms with Crippen molar-refractivity contribution in [1.29, 1.82) is 0 Å². The highest BCUT2D eigenvalue weighted by molar-refractivity contribution is 6.10. The molecule has 79 heavy (non-hydrogen) atoms. The molecule has 14 rings (SSSR count). The van der Waals surface area contributed by atoms with Crippen LogP contribution in [-0.4, -0.2) is 50.7 Å². The molecule has 2 atom stereocenters. The van der Waals surface area contributed by atoms with Gasteiger partial charge >= 0.3 is 0 Å². The number of aromatic nitrogens is 9. The zero-order valence-electron chi connectivity index (χ0n) is 42.5. The molecule has 1 aliphatic rings. The van der Waals surface area contributed by atoms with Crippen LogP contribution in [0.15, 0.2) is 260 Å². The second-order valence-corrected chi connectivity index (χ2v) is 19.3. The summed E-state index contributed by atoms with van der Waals surface area (Å²) in [5.74, 6) is 4.00. The summed E-state index contributed by atoms with van der Waals surface area (Å²) in [6.07, 6.45) is 1.97. The minimum Gasteiger partial charge on any atom is -0.416 e. The van der Waals surface area contributed by atoms with Crippen LogP contribution in [0, 0.1) is 0 Å². The Balaban J connectivity index is 0.804. The van der Waals surface area contributed by atoms with Crippen molar-refractivity contribution >= 4 is 38.8 Å². The Morgan fingerprint density at radius 2 is 0.861 bits per heavy atom. The standard InChI is InChI=1S/C68H46N10O/c1-3-56-60(55-35-17-19-37-58(55)77(56)51-32-20-30-48(40-51)65-71-61(44-22-8-4-9-23-44)69-62(72-65)45-24-10-5-11-25-45)43(2)67-75-76-68(79-67)50-38-39-54-53-34-16-18-36-57(53)78(59(54)42-50)52-33-21-31-49(41-52)66-73-63(46-26-12-6-13-27-46)70-64(74-66)47-28-14-7-15-29-47/h3-42,56,60H,1-2H2. The summed E-state index contributed by atoms with van der Waals surface area (Å²) in [4.78, 5) is 32.3. The maximum atomic E-state index is 6.68. The summed E-state index contributed by atoms with van der Waals surface area (Å²) in [7, 11) is 0. The van der Waals surface area contributed by atoms with Crippen molar-refractivity contribution in [3.05, 3.63) is 267 Å². The summed E-state index contributed by atoms with van der Waals surface area (Å²) < 4.78 is 8.95. The third-order valence-corrected chi connectivity index (χ3v) is 14.6. The Morgan fingerprint density at radius 1 is 0.405 bits per heavy atom. The molecule has 374 valence electrons. The van der Waals surface area contributed by atoms with Crippen LogP contribution in [0.3, 0.4) is 0 Å². The Bertz CT molecular complexity index is 4330. The van der Waals surface area contributed by atoms with Crippen LogP contribution < -0.4 is 4.90 Å². The van der Waals surface area contributed by atoms with Gasteiger partial charge in [-0.05, 0) is 54.1 Å². The van der Waals surface area contributed by atoms with Crippen LogP contribution in [0.4, 0.5) is 11.4 Å². The lowest BCUT2D eigenvalue weighted by atomic mass is 9.88. The number of fused-ring (bicyclic) bond motifs is 4. The molecule has 0 radical (unpaired) electrons. The molecule has 13 aromatic rings. The fourth-order valence-electron chi connectivity index (χ4n) is 10.8. The Kier molecular flexibility index (Phi) is 11.7. The lowest BCUT2D eigenvalue weighted by molar-refractivity contribution is 0.545. The molecule has 2 unspecified atom stereocenters. The smallest absolute Gasteiger partial charge is 0.248 e. The van der Waals surface area contributed by atoms with Crippen molar-refractivity contribution in [2.24, 2.45) is 0 Å². The summed E-state index contributed by atoms with van der Waals surface area (Å²) >= 11 is 0. The van der Waals surface area contributed by atoms with Crippen molar-refractivity contribution in [3.8, 4) is 85.5 Å². The highest BCUT2D eigenvalue weighted by Crippen LogP contribution is 2.51. The molecule has 9 aromatic carbocycles. The van der Waals surface area contributed by atoms with E-state index in [4.69, 9.17) is 34.3 Å². The molecule has 0 fully saturated rings. The highest BCUT2D eigenvalue weighted by atomic mass is 16.4. The molecule has 4 aromatic heterocycles. The summed E-state index contributed by atoms with van der Waals surface area (Å²) in [5.41, 5.74) is 12.8. The number of rotatable bonds is 12. The van der Waals surface area contributed by atoms with E-state index in [0.29, 0.717) is 52.3 Å². The average Bonchev–Trinajstić information content (AvgIpc) is 4.46. The van der Waals surface area contributed by atoms with Gasteiger partial charge in [0.05, 0.1) is 17.1 Å². The van der Waals surface area contributed by atoms with E-state index in [1.165, 1.54) is 0 Å². The van der Waals surface area contributed by atoms with Crippen LogP contribution in [0.1, 0.15) is 17.4 Å². The van der Waals surface area contributed by atoms with Gasteiger partial charge in [-0.25, -0.2) is 29.9 Å². The quantitative estimate of drug-likeness (QED) is 0.109. The number of hydrogen-bond acceptors (Lipinski definition) is 10. The first-order valence-electron chi connectivity index (χ1n) is 26.0. The van der Waals surface area contributed by atoms with Gasteiger partial charge in [-0.15, -0.1) is 16.8 Å². The van der Waals surface area contributed by atoms with Gasteiger partial charge in [0.15, 0.2) is 34.9 Å². The van der Waals surface area contributed by atoms with Crippen LogP contribution >= 0.6 is 0 Å². The van der Waals surface area contributed by atoms with E-state index in [9.17, 15) is 0 Å². The Hall–Kier alpha value is -10.8. The van der Waals surface area contributed by atoms with E-state index in [-0.39, 0.29) is 12.0 Å². The predicted octanol–water partition coefficient (Wildman–Crippen LogP) is 15.7. The molecular weight excluding hydrogens is 973 g/mol. The first-order chi connectivity index (χ1) is 39.0. The van der Waals surface area contributed by atoms with Gasteiger partial charge in [-0.2, -0.15) is 0 Å². The Morgan fingerprint density at radius 3 is 1.42 bits per heavy atom. The second kappa shape index (κ2) is 19.7. The minimum atomic E-state index is -0.272. The van der Waals surface area contributed by atoms with E-state index in [2.05, 4.69) is 118 Å². The average molecular weight is 1020 g/mol. The van der Waals surface area contributed by atoms with Gasteiger partial charge < -0.3 is 13.9 Å². The van der Waals surface area contributed by atoms with E-state index in [0.717, 1.165) is 83.4 Å². The first-order valence-corrected chi connectivity index (χ1v) is 26.0. The molecule has 0 bridgehead atoms. The largest absolute Gasteiger partial charge is 0.416 e. The molecule has 0 spiro atoms. The summed E-state index contributed by atoms with van der Waals surface area (Å²) in [6, 6.07) is 79.6. The maximum Gasteiger partial charge on any atom is 0.248 e. The maximum absolute atomic E-state index is 6.68. The summed E-state index contributed by atoms with van der Waals surface area (Å²) in [6.45, 7) is 9.07. The van der Waals surface area contributed by atoms with Gasteiger partial charge in [0.25, 0.3) is 0 Å².